The topological polar surface area (TPSA) is 172 Å². The number of likely N-dealkylation sites (N-methyl/N-ethyl adjacent to an activating group) is 3. The number of para-hydroxylation sites is 3. The number of hydrogen-bond acceptors (Lipinski definition) is 9. The molecule has 15 heteroatoms. The summed E-state index contributed by atoms with van der Waals surface area (Å²) in [5.74, 6) is -1.46. The molecule has 9 aromatic rings. The van der Waals surface area contributed by atoms with Crippen LogP contribution in [0.1, 0.15) is 81.5 Å². The Labute approximate surface area is 435 Å². The molecule has 3 aliphatic rings. The summed E-state index contributed by atoms with van der Waals surface area (Å²) in [5.41, 5.74) is 22.1. The minimum Gasteiger partial charge on any atom is -0.340 e. The lowest BCUT2D eigenvalue weighted by Crippen LogP contribution is -2.27. The van der Waals surface area contributed by atoms with E-state index in [4.69, 9.17) is 15.6 Å². The molecule has 3 aromatic heterocycles. The third-order valence-electron chi connectivity index (χ3n) is 15.0. The predicted octanol–water partition coefficient (Wildman–Crippen LogP) is 8.39. The van der Waals surface area contributed by atoms with Crippen molar-refractivity contribution in [2.75, 3.05) is 40.8 Å². The number of benzene rings is 6. The second-order valence-corrected chi connectivity index (χ2v) is 20.0. The van der Waals surface area contributed by atoms with Crippen LogP contribution in [0.25, 0.3) is 32.7 Å². The Morgan fingerprint density at radius 2 is 0.640 bits per heavy atom. The van der Waals surface area contributed by atoms with Crippen molar-refractivity contribution in [3.05, 3.63) is 213 Å². The van der Waals surface area contributed by atoms with Crippen molar-refractivity contribution in [1.82, 2.24) is 44.8 Å². The van der Waals surface area contributed by atoms with Crippen molar-refractivity contribution in [3.8, 4) is 0 Å². The zero-order valence-electron chi connectivity index (χ0n) is 42.6. The zero-order valence-corrected chi connectivity index (χ0v) is 42.6. The average Bonchev–Trinajstić information content (AvgIpc) is 4.04. The third-order valence-corrected chi connectivity index (χ3v) is 15.0. The molecule has 0 radical (unpaired) electrons. The Hall–Kier alpha value is -7.89. The van der Waals surface area contributed by atoms with Gasteiger partial charge in [-0.3, -0.25) is 30.0 Å². The summed E-state index contributed by atoms with van der Waals surface area (Å²) in [5, 5.41) is 30.2. The predicted molar refractivity (Wildman–Crippen MR) is 290 cm³/mol. The van der Waals surface area contributed by atoms with Crippen molar-refractivity contribution >= 4 is 50.4 Å². The Morgan fingerprint density at radius 3 is 0.893 bits per heavy atom. The summed E-state index contributed by atoms with van der Waals surface area (Å²) in [4.78, 5) is 41.5. The molecular formula is C60H63N9O6. The van der Waals surface area contributed by atoms with E-state index in [2.05, 4.69) is 122 Å². The van der Waals surface area contributed by atoms with Gasteiger partial charge in [0.1, 0.15) is 0 Å². The molecule has 0 aliphatic carbocycles. The van der Waals surface area contributed by atoms with Gasteiger partial charge in [0.2, 0.25) is 0 Å². The first-order valence-electron chi connectivity index (χ1n) is 25.4. The van der Waals surface area contributed by atoms with E-state index in [9.17, 15) is 14.4 Å². The van der Waals surface area contributed by atoms with Gasteiger partial charge in [-0.2, -0.15) is 0 Å². The van der Waals surface area contributed by atoms with Crippen LogP contribution in [0.4, 0.5) is 0 Å². The van der Waals surface area contributed by atoms with Crippen LogP contribution in [0.3, 0.4) is 0 Å². The fourth-order valence-electron chi connectivity index (χ4n) is 11.2. The molecule has 15 nitrogen and oxygen atoms in total. The quantitative estimate of drug-likeness (QED) is 0.0614. The van der Waals surface area contributed by atoms with E-state index in [0.29, 0.717) is 16.7 Å². The molecule has 0 saturated carbocycles. The van der Waals surface area contributed by atoms with Crippen LogP contribution in [-0.2, 0) is 58.5 Å². The Kier molecular flexibility index (Phi) is 15.1. The first kappa shape index (κ1) is 50.6. The van der Waals surface area contributed by atoms with Crippen LogP contribution < -0.4 is 16.4 Å². The largest absolute Gasteiger partial charge is 0.340 e. The fraction of sp³-hybridized carbons (Fsp3) is 0.250. The number of carbonyl (C=O) groups excluding carboxylic acids is 3. The maximum atomic E-state index is 11.5. The van der Waals surface area contributed by atoms with E-state index in [0.717, 1.165) is 94.9 Å². The molecule has 0 spiro atoms. The lowest BCUT2D eigenvalue weighted by Gasteiger charge is -2.24. The summed E-state index contributed by atoms with van der Waals surface area (Å²) in [6.07, 6.45) is 3.14. The molecule has 0 saturated heterocycles. The minimum atomic E-state index is -0.488. The molecule has 0 atom stereocenters. The van der Waals surface area contributed by atoms with Crippen molar-refractivity contribution in [1.29, 1.82) is 0 Å². The number of carbonyl (C=O) groups is 3. The second kappa shape index (κ2) is 22.3. The third kappa shape index (κ3) is 10.6. The molecule has 0 fully saturated rings. The van der Waals surface area contributed by atoms with Crippen LogP contribution in [0.2, 0.25) is 0 Å². The van der Waals surface area contributed by atoms with Gasteiger partial charge in [0, 0.05) is 145 Å². The number of hydroxylamine groups is 3. The summed E-state index contributed by atoms with van der Waals surface area (Å²) < 4.78 is 7.20. The normalized spacial score (nSPS) is 14.5. The smallest absolute Gasteiger partial charge is 0.274 e. The van der Waals surface area contributed by atoms with Crippen molar-refractivity contribution in [3.63, 3.8) is 0 Å². The van der Waals surface area contributed by atoms with E-state index >= 15 is 0 Å². The van der Waals surface area contributed by atoms with Crippen molar-refractivity contribution in [2.45, 2.75) is 58.5 Å². The standard InChI is InChI=1S/3C20H21N3O2/c3*1-22-11-10-19-17(13-22)16-4-2-3-5-18(16)23(19)12-14-6-8-15(9-7-14)20(24)21-25/h3*2-9,25H,10-13H2,1H3,(H,21,24). The van der Waals surface area contributed by atoms with Gasteiger partial charge in [-0.15, -0.1) is 0 Å². The molecule has 12 rings (SSSR count). The molecule has 3 amide bonds. The lowest BCUT2D eigenvalue weighted by molar-refractivity contribution is 0.0702. The van der Waals surface area contributed by atoms with Gasteiger partial charge in [-0.25, -0.2) is 16.4 Å². The molecule has 6 N–H and O–H groups in total. The van der Waals surface area contributed by atoms with Gasteiger partial charge >= 0.3 is 0 Å². The lowest BCUT2D eigenvalue weighted by atomic mass is 10.1. The van der Waals surface area contributed by atoms with Crippen LogP contribution in [0.15, 0.2) is 146 Å². The van der Waals surface area contributed by atoms with Gasteiger partial charge in [-0.05, 0) is 109 Å². The van der Waals surface area contributed by atoms with Gasteiger partial charge in [-0.1, -0.05) is 91.0 Å². The van der Waals surface area contributed by atoms with E-state index in [1.54, 1.807) is 52.8 Å². The number of nitrogens with one attached hydrogen (secondary N) is 3. The van der Waals surface area contributed by atoms with Gasteiger partial charge < -0.3 is 28.4 Å². The highest BCUT2D eigenvalue weighted by atomic mass is 16.5. The number of nitrogens with zero attached hydrogens (tertiary/aromatic N) is 6. The summed E-state index contributed by atoms with van der Waals surface area (Å²) in [6.45, 7) is 8.49. The maximum Gasteiger partial charge on any atom is 0.274 e. The maximum absolute atomic E-state index is 11.5. The van der Waals surface area contributed by atoms with Crippen molar-refractivity contribution < 1.29 is 30.0 Å². The van der Waals surface area contributed by atoms with Gasteiger partial charge in [0.15, 0.2) is 0 Å². The highest BCUT2D eigenvalue weighted by Gasteiger charge is 2.25. The van der Waals surface area contributed by atoms with Crippen LogP contribution in [0.5, 0.6) is 0 Å². The van der Waals surface area contributed by atoms with E-state index in [-0.39, 0.29) is 0 Å². The number of hydrogen-bond donors (Lipinski definition) is 6. The SMILES string of the molecule is CN1CCc2c(c3ccccc3n2Cc2ccc(C(=O)NO)cc2)C1.CN1CCc2c(c3ccccc3n2Cc2ccc(C(=O)NO)cc2)C1.CN1CCc2c(c3ccccc3n2Cc2ccc(C(=O)NO)cc2)C1. The average molecular weight is 1010 g/mol. The summed E-state index contributed by atoms with van der Waals surface area (Å²) >= 11 is 0. The molecule has 75 heavy (non-hydrogen) atoms. The van der Waals surface area contributed by atoms with E-state index in [1.807, 2.05) is 36.4 Å². The molecule has 3 aliphatic heterocycles. The van der Waals surface area contributed by atoms with Crippen molar-refractivity contribution in [2.24, 2.45) is 0 Å². The number of fused-ring (bicyclic) bond motifs is 9. The minimum absolute atomic E-state index is 0.451. The fourth-order valence-corrected chi connectivity index (χ4v) is 11.2. The van der Waals surface area contributed by atoms with Gasteiger partial charge in [0.25, 0.3) is 17.7 Å². The summed E-state index contributed by atoms with van der Waals surface area (Å²) in [6, 6.07) is 47.9. The highest BCUT2D eigenvalue weighted by Crippen LogP contribution is 2.34. The second-order valence-electron chi connectivity index (χ2n) is 20.0. The number of rotatable bonds is 9. The summed E-state index contributed by atoms with van der Waals surface area (Å²) in [7, 11) is 6.50. The van der Waals surface area contributed by atoms with Crippen LogP contribution in [-0.4, -0.2) is 103 Å². The molecule has 0 bridgehead atoms. The number of amides is 3. The Balaban J connectivity index is 0.000000128. The molecular weight excluding hydrogens is 943 g/mol. The van der Waals surface area contributed by atoms with E-state index < -0.39 is 17.7 Å². The first-order chi connectivity index (χ1) is 36.5. The molecule has 6 aromatic carbocycles. The molecule has 0 unspecified atom stereocenters. The Bertz CT molecular complexity index is 3150. The Morgan fingerprint density at radius 1 is 0.387 bits per heavy atom. The molecule has 384 valence electrons. The highest BCUT2D eigenvalue weighted by molar-refractivity contribution is 5.94. The monoisotopic (exact) mass is 1010 g/mol. The van der Waals surface area contributed by atoms with Gasteiger partial charge in [0.05, 0.1) is 0 Å². The zero-order chi connectivity index (χ0) is 52.2. The van der Waals surface area contributed by atoms with Crippen LogP contribution >= 0.6 is 0 Å². The molecule has 6 heterocycles. The van der Waals surface area contributed by atoms with Crippen LogP contribution in [0, 0.1) is 0 Å². The van der Waals surface area contributed by atoms with E-state index in [1.165, 1.54) is 66.5 Å². The first-order valence-corrected chi connectivity index (χ1v) is 25.4. The number of aromatic nitrogens is 3.